The molecule has 1 heterocycles. The van der Waals surface area contributed by atoms with E-state index in [0.29, 0.717) is 38.8 Å². The van der Waals surface area contributed by atoms with Gasteiger partial charge >= 0.3 is 0 Å². The van der Waals surface area contributed by atoms with Gasteiger partial charge in [-0.3, -0.25) is 0 Å². The summed E-state index contributed by atoms with van der Waals surface area (Å²) in [6.07, 6.45) is 0. The molecule has 0 aliphatic rings. The minimum Gasteiger partial charge on any atom is -0.455 e. The van der Waals surface area contributed by atoms with Gasteiger partial charge in [0, 0.05) is 16.2 Å². The van der Waals surface area contributed by atoms with Crippen molar-refractivity contribution in [2.45, 2.75) is 0 Å². The lowest BCUT2D eigenvalue weighted by Crippen LogP contribution is -1.92. The van der Waals surface area contributed by atoms with Crippen molar-refractivity contribution in [3.8, 4) is 33.4 Å². The largest absolute Gasteiger partial charge is 0.455 e. The Labute approximate surface area is 283 Å². The molecule has 0 saturated carbocycles. The van der Waals surface area contributed by atoms with Crippen LogP contribution in [0.4, 0.5) is 0 Å². The Hall–Kier alpha value is -6.18. The van der Waals surface area contributed by atoms with E-state index in [2.05, 4.69) is 0 Å². The Morgan fingerprint density at radius 2 is 1.00 bits per heavy atom. The van der Waals surface area contributed by atoms with Gasteiger partial charge in [-0.15, -0.1) is 0 Å². The fraction of sp³-hybridized carbons (Fsp3) is 0. The maximum atomic E-state index is 9.52. The molecule has 10 aromatic rings. The van der Waals surface area contributed by atoms with E-state index in [1.165, 1.54) is 0 Å². The minimum absolute atomic E-state index is 0.164. The van der Waals surface area contributed by atoms with Crippen molar-refractivity contribution >= 4 is 65.0 Å². The van der Waals surface area contributed by atoms with Crippen molar-refractivity contribution in [1.29, 1.82) is 0 Å². The van der Waals surface area contributed by atoms with Crippen LogP contribution in [0.5, 0.6) is 0 Å². The molecule has 0 spiro atoms. The third kappa shape index (κ3) is 3.90. The quantitative estimate of drug-likeness (QED) is 0.183. The zero-order valence-corrected chi connectivity index (χ0v) is 25.0. The maximum absolute atomic E-state index is 9.52. The highest BCUT2D eigenvalue weighted by molar-refractivity contribution is 6.28. The van der Waals surface area contributed by atoms with Gasteiger partial charge in [-0.05, 0) is 89.3 Å². The second-order valence-corrected chi connectivity index (χ2v) is 11.8. The zero-order chi connectivity index (χ0) is 37.9. The molecule has 1 heteroatoms. The van der Waals surface area contributed by atoms with Gasteiger partial charge in [-0.1, -0.05) is 151 Å². The molecule has 0 bridgehead atoms. The summed E-state index contributed by atoms with van der Waals surface area (Å²) >= 11 is 0. The lowest BCUT2D eigenvalue weighted by molar-refractivity contribution is 0.673. The van der Waals surface area contributed by atoms with E-state index in [-0.39, 0.29) is 45.7 Å². The molecule has 47 heavy (non-hydrogen) atoms. The predicted molar refractivity (Wildman–Crippen MR) is 200 cm³/mol. The molecule has 0 saturated heterocycles. The molecular weight excluding hydrogens is 569 g/mol. The van der Waals surface area contributed by atoms with Crippen LogP contribution in [0, 0.1) is 0 Å². The van der Waals surface area contributed by atoms with Crippen molar-refractivity contribution in [3.05, 3.63) is 170 Å². The lowest BCUT2D eigenvalue weighted by atomic mass is 9.83. The summed E-state index contributed by atoms with van der Waals surface area (Å²) in [4.78, 5) is 0. The average Bonchev–Trinajstić information content (AvgIpc) is 3.62. The van der Waals surface area contributed by atoms with Crippen molar-refractivity contribution in [3.63, 3.8) is 0 Å². The first kappa shape index (κ1) is 19.4. The van der Waals surface area contributed by atoms with Gasteiger partial charge in [0.25, 0.3) is 0 Å². The molecular formula is C46H28O. The predicted octanol–water partition coefficient (Wildman–Crippen LogP) is 13.2. The normalized spacial score (nSPS) is 14.2. The van der Waals surface area contributed by atoms with Crippen LogP contribution >= 0.6 is 0 Å². The van der Waals surface area contributed by atoms with E-state index in [0.717, 1.165) is 38.1 Å². The second-order valence-electron chi connectivity index (χ2n) is 11.8. The zero-order valence-electron chi connectivity index (χ0n) is 33.0. The molecule has 0 unspecified atom stereocenters. The van der Waals surface area contributed by atoms with E-state index < -0.39 is 24.2 Å². The fourth-order valence-corrected chi connectivity index (χ4v) is 7.23. The summed E-state index contributed by atoms with van der Waals surface area (Å²) in [6, 6.07) is 36.1. The molecule has 0 radical (unpaired) electrons. The standard InChI is InChI=1S/C46H28O/c1-2-12-29(13-3-1)32-25-24-31-15-10-21-38(41(31)28-32)43-34-17-6-8-19-36(34)44(37-20-9-7-18-35(37)43)39-22-11-23-42-45(39)40-27-26-30-14-4-5-16-33(30)46(40)47-42/h1-28H/i6D,7D,8D,9D,17D,18D,19D,20D. The summed E-state index contributed by atoms with van der Waals surface area (Å²) in [5.74, 6) is 0. The van der Waals surface area contributed by atoms with E-state index in [1.807, 2.05) is 115 Å². The van der Waals surface area contributed by atoms with E-state index >= 15 is 0 Å². The molecule has 10 rings (SSSR count). The van der Waals surface area contributed by atoms with Crippen LogP contribution in [0.1, 0.15) is 11.0 Å². The Bertz CT molecular complexity index is 3220. The van der Waals surface area contributed by atoms with Gasteiger partial charge in [0.2, 0.25) is 0 Å². The molecule has 0 aliphatic heterocycles. The van der Waals surface area contributed by atoms with E-state index in [4.69, 9.17) is 9.90 Å². The summed E-state index contributed by atoms with van der Waals surface area (Å²) in [5.41, 5.74) is 4.84. The van der Waals surface area contributed by atoms with Gasteiger partial charge in [-0.2, -0.15) is 0 Å². The van der Waals surface area contributed by atoms with Crippen molar-refractivity contribution in [2.24, 2.45) is 0 Å². The van der Waals surface area contributed by atoms with Gasteiger partial charge in [0.15, 0.2) is 0 Å². The van der Waals surface area contributed by atoms with Crippen LogP contribution < -0.4 is 0 Å². The number of hydrogen-bond acceptors (Lipinski definition) is 1. The topological polar surface area (TPSA) is 13.1 Å². The number of hydrogen-bond donors (Lipinski definition) is 0. The highest BCUT2D eigenvalue weighted by Crippen LogP contribution is 2.48. The number of benzene rings is 9. The highest BCUT2D eigenvalue weighted by Gasteiger charge is 2.21. The first-order valence-electron chi connectivity index (χ1n) is 19.5. The van der Waals surface area contributed by atoms with E-state index in [1.54, 1.807) is 6.07 Å². The molecule has 218 valence electrons. The second kappa shape index (κ2) is 10.2. The van der Waals surface area contributed by atoms with Gasteiger partial charge in [0.05, 0.1) is 11.0 Å². The molecule has 0 aliphatic carbocycles. The van der Waals surface area contributed by atoms with Crippen LogP contribution in [-0.2, 0) is 0 Å². The SMILES string of the molecule is [2H]c1c([2H])c([2H])c2c(-c3cccc4oc5c6ccccc6ccc5c34)c3c([2H])c([2H])c([2H])c([2H])c3c(-c3cccc4ccc(-c5ccccc5)cc34)c2c1[2H]. The molecule has 0 N–H and O–H groups in total. The monoisotopic (exact) mass is 604 g/mol. The number of fused-ring (bicyclic) bond motifs is 8. The Morgan fingerprint density at radius 1 is 0.404 bits per heavy atom. The Balaban J connectivity index is 1.46. The maximum Gasteiger partial charge on any atom is 0.143 e. The van der Waals surface area contributed by atoms with Crippen LogP contribution in [0.2, 0.25) is 0 Å². The summed E-state index contributed by atoms with van der Waals surface area (Å²) < 4.78 is 80.3. The van der Waals surface area contributed by atoms with Crippen molar-refractivity contribution in [2.75, 3.05) is 0 Å². The lowest BCUT2D eigenvalue weighted by Gasteiger charge is -2.19. The third-order valence-corrected chi connectivity index (χ3v) is 9.29. The highest BCUT2D eigenvalue weighted by atomic mass is 16.3. The molecule has 0 atom stereocenters. The first-order valence-corrected chi connectivity index (χ1v) is 15.5. The van der Waals surface area contributed by atoms with Crippen LogP contribution in [0.3, 0.4) is 0 Å². The molecule has 1 nitrogen and oxygen atoms in total. The van der Waals surface area contributed by atoms with Crippen molar-refractivity contribution in [1.82, 2.24) is 0 Å². The van der Waals surface area contributed by atoms with Gasteiger partial charge in [0.1, 0.15) is 11.2 Å². The van der Waals surface area contributed by atoms with Crippen LogP contribution in [0.15, 0.2) is 174 Å². The van der Waals surface area contributed by atoms with Gasteiger partial charge < -0.3 is 4.42 Å². The molecule has 0 amide bonds. The summed E-state index contributed by atoms with van der Waals surface area (Å²) in [7, 11) is 0. The smallest absolute Gasteiger partial charge is 0.143 e. The Morgan fingerprint density at radius 3 is 1.77 bits per heavy atom. The summed E-state index contributed by atoms with van der Waals surface area (Å²) in [5, 5.41) is 5.66. The summed E-state index contributed by atoms with van der Waals surface area (Å²) in [6.45, 7) is 0. The van der Waals surface area contributed by atoms with Gasteiger partial charge in [-0.25, -0.2) is 0 Å². The Kier molecular flexibility index (Phi) is 4.19. The number of furan rings is 1. The third-order valence-electron chi connectivity index (χ3n) is 9.29. The molecule has 9 aromatic carbocycles. The van der Waals surface area contributed by atoms with Crippen LogP contribution in [0.25, 0.3) is 98.4 Å². The minimum atomic E-state index is -0.440. The molecule has 1 aromatic heterocycles. The van der Waals surface area contributed by atoms with Crippen molar-refractivity contribution < 1.29 is 15.4 Å². The molecule has 0 fully saturated rings. The average molecular weight is 605 g/mol. The first-order chi connectivity index (χ1) is 26.7. The van der Waals surface area contributed by atoms with Crippen LogP contribution in [-0.4, -0.2) is 0 Å². The number of rotatable bonds is 3. The van der Waals surface area contributed by atoms with E-state index in [9.17, 15) is 5.48 Å². The fourth-order valence-electron chi connectivity index (χ4n) is 7.23.